The molecule has 0 aliphatic rings. The Bertz CT molecular complexity index is 1440. The van der Waals surface area contributed by atoms with Crippen molar-refractivity contribution in [2.24, 2.45) is 0 Å². The van der Waals surface area contributed by atoms with Crippen LogP contribution in [0.15, 0.2) is 59.5 Å². The average Bonchev–Trinajstić information content (AvgIpc) is 2.72. The molecule has 1 atom stereocenters. The second kappa shape index (κ2) is 10.2. The molecule has 35 heavy (non-hydrogen) atoms. The lowest BCUT2D eigenvalue weighted by Crippen LogP contribution is -2.45. The van der Waals surface area contributed by atoms with E-state index in [1.807, 2.05) is 0 Å². The first-order chi connectivity index (χ1) is 16.3. The van der Waals surface area contributed by atoms with E-state index >= 15 is 0 Å². The van der Waals surface area contributed by atoms with Gasteiger partial charge in [0.2, 0.25) is 21.9 Å². The number of aryl methyl sites for hydroxylation is 2. The molecule has 0 bridgehead atoms. The molecule has 0 saturated heterocycles. The summed E-state index contributed by atoms with van der Waals surface area (Å²) in [4.78, 5) is 20.9. The van der Waals surface area contributed by atoms with Gasteiger partial charge in [0.25, 0.3) is 10.0 Å². The van der Waals surface area contributed by atoms with Crippen molar-refractivity contribution in [3.05, 3.63) is 71.0 Å². The lowest BCUT2D eigenvalue weighted by atomic mass is 10.2. The first-order valence-electron chi connectivity index (χ1n) is 10.3. The first-order valence-corrected chi connectivity index (χ1v) is 14.0. The molecule has 0 aliphatic heterocycles. The number of carbonyl (C=O) groups is 1. The zero-order chi connectivity index (χ0) is 26.0. The topological polar surface area (TPSA) is 138 Å². The molecule has 0 fully saturated rings. The third kappa shape index (κ3) is 6.68. The Morgan fingerprint density at radius 3 is 2.11 bits per heavy atom. The van der Waals surface area contributed by atoms with Crippen LogP contribution in [0, 0.1) is 13.8 Å². The number of aromatic nitrogens is 2. The van der Waals surface area contributed by atoms with Crippen molar-refractivity contribution in [3.63, 3.8) is 0 Å². The largest absolute Gasteiger partial charge is 0.324 e. The predicted molar refractivity (Wildman–Crippen MR) is 136 cm³/mol. The molecule has 0 saturated carbocycles. The molecule has 0 aliphatic carbocycles. The van der Waals surface area contributed by atoms with Crippen molar-refractivity contribution in [1.29, 1.82) is 0 Å². The standard InChI is InChI=1S/C22H24ClN5O5S2/c1-14-12-15(2)25-22(24-14)27-35(32,33)20-10-8-18(9-11-20)26-21(29)16(3)28(34(4,30)31)19-7-5-6-17(23)13-19/h5-13,16H,1-4H3,(H,26,29)(H,24,25,27)/t16-/m1/s1. The number of hydrogen-bond acceptors (Lipinski definition) is 7. The van der Waals surface area contributed by atoms with Gasteiger partial charge in [-0.05, 0) is 69.3 Å². The summed E-state index contributed by atoms with van der Waals surface area (Å²) < 4.78 is 53.5. The van der Waals surface area contributed by atoms with Crippen molar-refractivity contribution in [1.82, 2.24) is 9.97 Å². The number of amides is 1. The minimum Gasteiger partial charge on any atom is -0.324 e. The smallest absolute Gasteiger partial charge is 0.264 e. The Labute approximate surface area is 209 Å². The molecular weight excluding hydrogens is 514 g/mol. The maximum absolute atomic E-state index is 12.8. The van der Waals surface area contributed by atoms with Gasteiger partial charge in [0.15, 0.2) is 0 Å². The van der Waals surface area contributed by atoms with Crippen molar-refractivity contribution >= 4 is 54.9 Å². The van der Waals surface area contributed by atoms with E-state index in [2.05, 4.69) is 20.0 Å². The van der Waals surface area contributed by atoms with Crippen molar-refractivity contribution in [2.45, 2.75) is 31.7 Å². The number of nitrogens with zero attached hydrogens (tertiary/aromatic N) is 3. The normalized spacial score (nSPS) is 12.6. The van der Waals surface area contributed by atoms with Crippen LogP contribution in [0.3, 0.4) is 0 Å². The summed E-state index contributed by atoms with van der Waals surface area (Å²) in [5.41, 5.74) is 1.75. The molecule has 1 aromatic heterocycles. The molecule has 3 aromatic rings. The molecule has 1 amide bonds. The second-order valence-electron chi connectivity index (χ2n) is 7.81. The maximum Gasteiger partial charge on any atom is 0.264 e. The van der Waals surface area contributed by atoms with Gasteiger partial charge in [-0.3, -0.25) is 9.10 Å². The third-order valence-corrected chi connectivity index (χ3v) is 7.61. The van der Waals surface area contributed by atoms with Gasteiger partial charge < -0.3 is 5.32 Å². The van der Waals surface area contributed by atoms with E-state index in [-0.39, 0.29) is 22.2 Å². The summed E-state index contributed by atoms with van der Waals surface area (Å²) in [5, 5.41) is 2.92. The zero-order valence-corrected chi connectivity index (χ0v) is 21.7. The van der Waals surface area contributed by atoms with Gasteiger partial charge >= 0.3 is 0 Å². The first kappa shape index (κ1) is 26.4. The average molecular weight is 538 g/mol. The van der Waals surface area contributed by atoms with Crippen LogP contribution in [0.5, 0.6) is 0 Å². The van der Waals surface area contributed by atoms with E-state index < -0.39 is 32.0 Å². The lowest BCUT2D eigenvalue weighted by molar-refractivity contribution is -0.116. The molecule has 0 unspecified atom stereocenters. The number of benzene rings is 2. The van der Waals surface area contributed by atoms with Crippen molar-refractivity contribution < 1.29 is 21.6 Å². The fourth-order valence-electron chi connectivity index (χ4n) is 3.34. The Morgan fingerprint density at radius 1 is 0.971 bits per heavy atom. The highest BCUT2D eigenvalue weighted by molar-refractivity contribution is 7.92. The van der Waals surface area contributed by atoms with Crippen LogP contribution in [-0.2, 0) is 24.8 Å². The van der Waals surface area contributed by atoms with Crippen molar-refractivity contribution in [2.75, 3.05) is 20.6 Å². The van der Waals surface area contributed by atoms with E-state index in [0.717, 1.165) is 10.6 Å². The van der Waals surface area contributed by atoms with Crippen LogP contribution >= 0.6 is 11.6 Å². The van der Waals surface area contributed by atoms with E-state index in [1.165, 1.54) is 43.3 Å². The summed E-state index contributed by atoms with van der Waals surface area (Å²) in [5.74, 6) is -0.664. The molecule has 10 nitrogen and oxygen atoms in total. The summed E-state index contributed by atoms with van der Waals surface area (Å²) in [6.45, 7) is 4.88. The Hall–Kier alpha value is -3.22. The summed E-state index contributed by atoms with van der Waals surface area (Å²) >= 11 is 5.99. The summed E-state index contributed by atoms with van der Waals surface area (Å²) in [6.07, 6.45) is 0.990. The Morgan fingerprint density at radius 2 is 1.57 bits per heavy atom. The molecule has 2 N–H and O–H groups in total. The van der Waals surface area contributed by atoms with Gasteiger partial charge in [-0.1, -0.05) is 17.7 Å². The van der Waals surface area contributed by atoms with Gasteiger partial charge in [0, 0.05) is 22.1 Å². The summed E-state index contributed by atoms with van der Waals surface area (Å²) in [6, 6.07) is 12.1. The number of anilines is 3. The highest BCUT2D eigenvalue weighted by Gasteiger charge is 2.29. The molecule has 2 aromatic carbocycles. The number of halogens is 1. The van der Waals surface area contributed by atoms with Crippen molar-refractivity contribution in [3.8, 4) is 0 Å². The molecule has 13 heteroatoms. The highest BCUT2D eigenvalue weighted by atomic mass is 35.5. The zero-order valence-electron chi connectivity index (χ0n) is 19.4. The van der Waals surface area contributed by atoms with Crippen LogP contribution in [0.4, 0.5) is 17.3 Å². The van der Waals surface area contributed by atoms with E-state index in [9.17, 15) is 21.6 Å². The Kier molecular flexibility index (Phi) is 7.68. The molecule has 3 rings (SSSR count). The number of nitrogens with one attached hydrogen (secondary N) is 2. The number of carbonyl (C=O) groups excluding carboxylic acids is 1. The Balaban J connectivity index is 1.77. The number of rotatable bonds is 8. The van der Waals surface area contributed by atoms with Gasteiger partial charge in [-0.2, -0.15) is 0 Å². The van der Waals surface area contributed by atoms with Crippen LogP contribution in [0.1, 0.15) is 18.3 Å². The summed E-state index contributed by atoms with van der Waals surface area (Å²) in [7, 11) is -7.79. The SMILES string of the molecule is Cc1cc(C)nc(NS(=O)(=O)c2ccc(NC(=O)[C@@H](C)N(c3cccc(Cl)c3)S(C)(=O)=O)cc2)n1. The molecular formula is C22H24ClN5O5S2. The molecule has 1 heterocycles. The van der Waals surface area contributed by atoms with E-state index in [4.69, 9.17) is 11.6 Å². The lowest BCUT2D eigenvalue weighted by Gasteiger charge is -2.28. The van der Waals surface area contributed by atoms with Gasteiger partial charge in [0.05, 0.1) is 16.8 Å². The van der Waals surface area contributed by atoms with Crippen LogP contribution in [0.25, 0.3) is 0 Å². The molecule has 186 valence electrons. The minimum atomic E-state index is -3.97. The molecule has 0 radical (unpaired) electrons. The third-order valence-electron chi connectivity index (χ3n) is 4.79. The van der Waals surface area contributed by atoms with E-state index in [1.54, 1.807) is 32.0 Å². The number of sulfonamides is 2. The van der Waals surface area contributed by atoms with E-state index in [0.29, 0.717) is 16.4 Å². The molecule has 0 spiro atoms. The highest BCUT2D eigenvalue weighted by Crippen LogP contribution is 2.25. The fourth-order valence-corrected chi connectivity index (χ4v) is 5.63. The van der Waals surface area contributed by atoms with Gasteiger partial charge in [0.1, 0.15) is 6.04 Å². The quantitative estimate of drug-likeness (QED) is 0.449. The predicted octanol–water partition coefficient (Wildman–Crippen LogP) is 3.34. The maximum atomic E-state index is 12.8. The van der Waals surface area contributed by atoms with Crippen LogP contribution < -0.4 is 14.3 Å². The number of hydrogen-bond donors (Lipinski definition) is 2. The minimum absolute atomic E-state index is 0.0458. The van der Waals surface area contributed by atoms with Crippen LogP contribution in [-0.4, -0.2) is 45.0 Å². The second-order valence-corrected chi connectivity index (χ2v) is 11.8. The van der Waals surface area contributed by atoms with Crippen LogP contribution in [0.2, 0.25) is 5.02 Å². The fraction of sp³-hybridized carbons (Fsp3) is 0.227. The van der Waals surface area contributed by atoms with Gasteiger partial charge in [-0.25, -0.2) is 31.5 Å². The monoisotopic (exact) mass is 537 g/mol. The van der Waals surface area contributed by atoms with Gasteiger partial charge in [-0.15, -0.1) is 0 Å².